The first-order chi connectivity index (χ1) is 15.8. The van der Waals surface area contributed by atoms with Crippen molar-refractivity contribution >= 4 is 35.6 Å². The number of amides is 4. The zero-order chi connectivity index (χ0) is 26.0. The summed E-state index contributed by atoms with van der Waals surface area (Å²) in [5.41, 5.74) is 11.0. The van der Waals surface area contributed by atoms with Crippen molar-refractivity contribution in [3.05, 3.63) is 18.2 Å². The van der Waals surface area contributed by atoms with Crippen molar-refractivity contribution in [3.8, 4) is 0 Å². The number of aliphatic carboxylic acids is 2. The van der Waals surface area contributed by atoms with Crippen LogP contribution < -0.4 is 27.4 Å². The van der Waals surface area contributed by atoms with E-state index in [1.165, 1.54) is 12.5 Å². The molecule has 0 aliphatic carbocycles. The van der Waals surface area contributed by atoms with Gasteiger partial charge in [0.15, 0.2) is 0 Å². The highest BCUT2D eigenvalue weighted by Gasteiger charge is 2.32. The van der Waals surface area contributed by atoms with Crippen LogP contribution in [0.25, 0.3) is 0 Å². The fourth-order valence-electron chi connectivity index (χ4n) is 2.84. The lowest BCUT2D eigenvalue weighted by Crippen LogP contribution is -2.59. The van der Waals surface area contributed by atoms with Crippen molar-refractivity contribution in [1.82, 2.24) is 25.9 Å². The zero-order valence-electron chi connectivity index (χ0n) is 18.6. The Hall–Kier alpha value is -4.01. The number of nitrogens with one attached hydrogen (secondary N) is 4. The number of rotatable bonds is 14. The van der Waals surface area contributed by atoms with Crippen LogP contribution in [0.1, 0.15) is 32.4 Å². The lowest BCUT2D eigenvalue weighted by molar-refractivity contribution is -0.147. The normalized spacial score (nSPS) is 14.4. The van der Waals surface area contributed by atoms with E-state index in [1.54, 1.807) is 13.8 Å². The first-order valence-corrected chi connectivity index (χ1v) is 10.2. The van der Waals surface area contributed by atoms with Crippen molar-refractivity contribution in [2.75, 3.05) is 0 Å². The van der Waals surface area contributed by atoms with E-state index in [0.29, 0.717) is 5.69 Å². The number of carboxylic acids is 2. The summed E-state index contributed by atoms with van der Waals surface area (Å²) in [4.78, 5) is 77.7. The quantitative estimate of drug-likeness (QED) is 0.131. The molecule has 1 aromatic rings. The summed E-state index contributed by atoms with van der Waals surface area (Å²) in [6.45, 7) is 3.23. The lowest BCUT2D eigenvalue weighted by atomic mass is 10.0. The lowest BCUT2D eigenvalue weighted by Gasteiger charge is -2.26. The molecule has 10 N–H and O–H groups in total. The zero-order valence-corrected chi connectivity index (χ0v) is 18.6. The number of hydrogen-bond acceptors (Lipinski definition) is 8. The van der Waals surface area contributed by atoms with E-state index in [1.807, 2.05) is 0 Å². The smallest absolute Gasteiger partial charge is 0.326 e. The molecule has 1 rings (SSSR count). The molecule has 0 saturated heterocycles. The molecular formula is C19H29N7O8. The van der Waals surface area contributed by atoms with Gasteiger partial charge in [-0.25, -0.2) is 9.78 Å². The number of primary amides is 1. The predicted octanol–water partition coefficient (Wildman–Crippen LogP) is -3.18. The number of carbonyl (C=O) groups excluding carboxylic acids is 4. The molecule has 0 aliphatic rings. The highest BCUT2D eigenvalue weighted by molar-refractivity contribution is 5.95. The average molecular weight is 483 g/mol. The van der Waals surface area contributed by atoms with Gasteiger partial charge >= 0.3 is 11.9 Å². The van der Waals surface area contributed by atoms with Gasteiger partial charge in [0.25, 0.3) is 0 Å². The Kier molecular flexibility index (Phi) is 10.6. The topological polar surface area (TPSA) is 260 Å². The minimum Gasteiger partial charge on any atom is -0.481 e. The van der Waals surface area contributed by atoms with Crippen molar-refractivity contribution in [2.45, 2.75) is 57.3 Å². The molecule has 4 unspecified atom stereocenters. The average Bonchev–Trinajstić information content (AvgIpc) is 3.22. The van der Waals surface area contributed by atoms with E-state index >= 15 is 0 Å². The molecule has 15 nitrogen and oxygen atoms in total. The van der Waals surface area contributed by atoms with Gasteiger partial charge in [0, 0.05) is 18.3 Å². The van der Waals surface area contributed by atoms with E-state index in [4.69, 9.17) is 16.6 Å². The first kappa shape index (κ1) is 28.0. The number of nitrogens with two attached hydrogens (primary N) is 2. The second kappa shape index (κ2) is 12.9. The summed E-state index contributed by atoms with van der Waals surface area (Å²) in [6, 6.07) is -5.54. The van der Waals surface area contributed by atoms with Crippen LogP contribution in [0, 0.1) is 5.92 Å². The van der Waals surface area contributed by atoms with Gasteiger partial charge in [-0.05, 0) is 5.92 Å². The second-order valence-electron chi connectivity index (χ2n) is 7.85. The fourth-order valence-corrected chi connectivity index (χ4v) is 2.84. The second-order valence-corrected chi connectivity index (χ2v) is 7.85. The molecule has 4 amide bonds. The van der Waals surface area contributed by atoms with Crippen LogP contribution in [-0.2, 0) is 35.2 Å². The highest BCUT2D eigenvalue weighted by Crippen LogP contribution is 2.07. The Morgan fingerprint density at radius 2 is 1.59 bits per heavy atom. The number of aromatic amines is 1. The molecule has 0 radical (unpaired) electrons. The molecular weight excluding hydrogens is 454 g/mol. The molecule has 0 spiro atoms. The number of H-pyrrole nitrogens is 1. The number of carboxylic acid groups (broad SMARTS) is 2. The molecule has 0 bridgehead atoms. The van der Waals surface area contributed by atoms with Crippen LogP contribution >= 0.6 is 0 Å². The van der Waals surface area contributed by atoms with Gasteiger partial charge in [-0.1, -0.05) is 13.8 Å². The van der Waals surface area contributed by atoms with Gasteiger partial charge in [-0.3, -0.25) is 24.0 Å². The molecule has 0 aromatic carbocycles. The summed E-state index contributed by atoms with van der Waals surface area (Å²) in [6.07, 6.45) is 1.24. The Bertz CT molecular complexity index is 902. The maximum atomic E-state index is 12.9. The Labute approximate surface area is 194 Å². The largest absolute Gasteiger partial charge is 0.481 e. The molecule has 15 heteroatoms. The van der Waals surface area contributed by atoms with Crippen molar-refractivity contribution in [1.29, 1.82) is 0 Å². The molecule has 188 valence electrons. The van der Waals surface area contributed by atoms with Gasteiger partial charge in [0.1, 0.15) is 18.1 Å². The van der Waals surface area contributed by atoms with E-state index in [9.17, 15) is 33.9 Å². The monoisotopic (exact) mass is 483 g/mol. The molecule has 0 fully saturated rings. The SMILES string of the molecule is CC(C)C(NC(=O)C(N)CC(N)=O)C(=O)NC(Cc1cnc[nH]1)C(=O)NC(CC(=O)O)C(=O)O. The van der Waals surface area contributed by atoms with E-state index in [0.717, 1.165) is 0 Å². The summed E-state index contributed by atoms with van der Waals surface area (Å²) < 4.78 is 0. The first-order valence-electron chi connectivity index (χ1n) is 10.2. The Balaban J connectivity index is 3.04. The van der Waals surface area contributed by atoms with E-state index < -0.39 is 78.5 Å². The number of nitrogens with zero attached hydrogens (tertiary/aromatic N) is 1. The van der Waals surface area contributed by atoms with Crippen LogP contribution in [0.2, 0.25) is 0 Å². The Morgan fingerprint density at radius 1 is 0.971 bits per heavy atom. The number of aromatic nitrogens is 2. The van der Waals surface area contributed by atoms with Crippen LogP contribution in [0.5, 0.6) is 0 Å². The summed E-state index contributed by atoms with van der Waals surface area (Å²) in [5, 5.41) is 25.0. The van der Waals surface area contributed by atoms with Gasteiger partial charge in [0.05, 0.1) is 25.2 Å². The third-order valence-electron chi connectivity index (χ3n) is 4.61. The molecule has 0 saturated carbocycles. The summed E-state index contributed by atoms with van der Waals surface area (Å²) in [7, 11) is 0. The third kappa shape index (κ3) is 9.23. The van der Waals surface area contributed by atoms with Crippen molar-refractivity contribution in [2.24, 2.45) is 17.4 Å². The maximum Gasteiger partial charge on any atom is 0.326 e. The minimum absolute atomic E-state index is 0.142. The fraction of sp³-hybridized carbons (Fsp3) is 0.526. The molecule has 1 heterocycles. The highest BCUT2D eigenvalue weighted by atomic mass is 16.4. The van der Waals surface area contributed by atoms with Gasteiger partial charge in [-0.15, -0.1) is 0 Å². The number of carbonyl (C=O) groups is 6. The van der Waals surface area contributed by atoms with Gasteiger partial charge < -0.3 is 42.6 Å². The van der Waals surface area contributed by atoms with E-state index in [-0.39, 0.29) is 6.42 Å². The van der Waals surface area contributed by atoms with Crippen molar-refractivity contribution in [3.63, 3.8) is 0 Å². The van der Waals surface area contributed by atoms with Crippen LogP contribution in [0.4, 0.5) is 0 Å². The number of hydrogen-bond donors (Lipinski definition) is 8. The molecule has 4 atom stereocenters. The molecule has 0 aliphatic heterocycles. The minimum atomic E-state index is -1.74. The Morgan fingerprint density at radius 3 is 2.06 bits per heavy atom. The summed E-state index contributed by atoms with van der Waals surface area (Å²) >= 11 is 0. The summed E-state index contributed by atoms with van der Waals surface area (Å²) in [5.74, 6) is -6.86. The van der Waals surface area contributed by atoms with Gasteiger partial charge in [-0.2, -0.15) is 0 Å². The van der Waals surface area contributed by atoms with Gasteiger partial charge in [0.2, 0.25) is 23.6 Å². The van der Waals surface area contributed by atoms with Crippen LogP contribution in [0.15, 0.2) is 12.5 Å². The molecule has 1 aromatic heterocycles. The maximum absolute atomic E-state index is 12.9. The standard InChI is InChI=1S/C19H29N7O8/c1-8(2)15(26-16(30)10(20)4-13(21)27)18(32)24-11(3-9-6-22-7-23-9)17(31)25-12(19(33)34)5-14(28)29/h6-8,10-12,15H,3-5,20H2,1-2H3,(H2,21,27)(H,22,23)(H,24,32)(H,25,31)(H,26,30)(H,28,29)(H,33,34). The van der Waals surface area contributed by atoms with Crippen LogP contribution in [-0.4, -0.2) is 79.9 Å². The third-order valence-corrected chi connectivity index (χ3v) is 4.61. The van der Waals surface area contributed by atoms with Crippen molar-refractivity contribution < 1.29 is 39.0 Å². The predicted molar refractivity (Wildman–Crippen MR) is 115 cm³/mol. The van der Waals surface area contributed by atoms with Crippen LogP contribution in [0.3, 0.4) is 0 Å². The number of imidazole rings is 1. The van der Waals surface area contributed by atoms with E-state index in [2.05, 4.69) is 25.9 Å². The molecule has 34 heavy (non-hydrogen) atoms.